The fourth-order valence-electron chi connectivity index (χ4n) is 2.54. The van der Waals surface area contributed by atoms with Gasteiger partial charge in [0.2, 0.25) is 5.75 Å². The molecular formula is C22H22N2O3. The Bertz CT molecular complexity index is 856. The number of anilines is 1. The van der Waals surface area contributed by atoms with Gasteiger partial charge in [-0.15, -0.1) is 0 Å². The summed E-state index contributed by atoms with van der Waals surface area (Å²) in [6, 6.07) is 23.4. The fourth-order valence-corrected chi connectivity index (χ4v) is 2.54. The lowest BCUT2D eigenvalue weighted by molar-refractivity contribution is 0.266. The molecule has 0 aliphatic rings. The Morgan fingerprint density at radius 2 is 1.44 bits per heavy atom. The molecule has 0 saturated heterocycles. The van der Waals surface area contributed by atoms with Gasteiger partial charge in [-0.25, -0.2) is 0 Å². The number of methoxy groups -OCH3 is 2. The molecule has 0 aliphatic carbocycles. The summed E-state index contributed by atoms with van der Waals surface area (Å²) in [6.07, 6.45) is 1.71. The molecule has 0 bridgehead atoms. The summed E-state index contributed by atoms with van der Waals surface area (Å²) in [5, 5.41) is 4.26. The smallest absolute Gasteiger partial charge is 0.203 e. The minimum atomic E-state index is 0.427. The van der Waals surface area contributed by atoms with Gasteiger partial charge < -0.3 is 14.2 Å². The van der Waals surface area contributed by atoms with Crippen LogP contribution in [0.3, 0.4) is 0 Å². The maximum absolute atomic E-state index is 5.95. The average Bonchev–Trinajstić information content (AvgIpc) is 2.73. The van der Waals surface area contributed by atoms with Crippen LogP contribution in [0.1, 0.15) is 11.1 Å². The molecule has 0 spiro atoms. The van der Waals surface area contributed by atoms with Crippen molar-refractivity contribution in [2.45, 2.75) is 6.61 Å². The molecular weight excluding hydrogens is 340 g/mol. The summed E-state index contributed by atoms with van der Waals surface area (Å²) in [7, 11) is 3.21. The maximum atomic E-state index is 5.95. The molecule has 3 rings (SSSR count). The van der Waals surface area contributed by atoms with E-state index in [1.807, 2.05) is 72.8 Å². The Kier molecular flexibility index (Phi) is 6.30. The van der Waals surface area contributed by atoms with E-state index in [1.165, 1.54) is 0 Å². The van der Waals surface area contributed by atoms with Crippen LogP contribution in [0.15, 0.2) is 77.9 Å². The van der Waals surface area contributed by atoms with Gasteiger partial charge in [-0.1, -0.05) is 48.5 Å². The molecule has 5 heteroatoms. The van der Waals surface area contributed by atoms with Gasteiger partial charge in [0.05, 0.1) is 26.1 Å². The average molecular weight is 362 g/mol. The maximum Gasteiger partial charge on any atom is 0.203 e. The molecule has 0 radical (unpaired) electrons. The van der Waals surface area contributed by atoms with E-state index < -0.39 is 0 Å². The Balaban J connectivity index is 1.77. The van der Waals surface area contributed by atoms with E-state index in [0.717, 1.165) is 16.8 Å². The highest BCUT2D eigenvalue weighted by atomic mass is 16.5. The van der Waals surface area contributed by atoms with Gasteiger partial charge in [0.15, 0.2) is 11.5 Å². The number of para-hydroxylation sites is 1. The molecule has 5 nitrogen and oxygen atoms in total. The van der Waals surface area contributed by atoms with Crippen molar-refractivity contribution in [1.82, 2.24) is 0 Å². The van der Waals surface area contributed by atoms with Gasteiger partial charge in [-0.3, -0.25) is 5.43 Å². The molecule has 0 amide bonds. The van der Waals surface area contributed by atoms with Crippen molar-refractivity contribution < 1.29 is 14.2 Å². The fraction of sp³-hybridized carbons (Fsp3) is 0.136. The molecule has 0 aromatic heterocycles. The molecule has 3 aromatic carbocycles. The second kappa shape index (κ2) is 9.29. The lowest BCUT2D eigenvalue weighted by Gasteiger charge is -2.15. The number of benzene rings is 3. The van der Waals surface area contributed by atoms with Crippen LogP contribution in [-0.4, -0.2) is 20.4 Å². The molecule has 0 saturated carbocycles. The Morgan fingerprint density at radius 3 is 2.04 bits per heavy atom. The standard InChI is InChI=1S/C22H22N2O3/c1-25-20-13-18(15-23-24-19-11-7-4-8-12-19)14-21(26-2)22(20)27-16-17-9-5-3-6-10-17/h3-15,24H,16H2,1-2H3/b23-15+. The predicted molar refractivity (Wildman–Crippen MR) is 108 cm³/mol. The number of ether oxygens (including phenoxy) is 3. The van der Waals surface area contributed by atoms with Crippen molar-refractivity contribution in [2.75, 3.05) is 19.6 Å². The molecule has 3 aromatic rings. The normalized spacial score (nSPS) is 10.6. The first-order chi connectivity index (χ1) is 13.3. The number of nitrogens with one attached hydrogen (secondary N) is 1. The molecule has 138 valence electrons. The molecule has 27 heavy (non-hydrogen) atoms. The first kappa shape index (κ1) is 18.3. The van der Waals surface area contributed by atoms with Gasteiger partial charge in [0.25, 0.3) is 0 Å². The van der Waals surface area contributed by atoms with Crippen molar-refractivity contribution >= 4 is 11.9 Å². The topological polar surface area (TPSA) is 52.1 Å². The Hall–Kier alpha value is -3.47. The van der Waals surface area contributed by atoms with E-state index in [-0.39, 0.29) is 0 Å². The van der Waals surface area contributed by atoms with Crippen LogP contribution in [0.25, 0.3) is 0 Å². The van der Waals surface area contributed by atoms with Crippen LogP contribution in [0.5, 0.6) is 17.2 Å². The Morgan fingerprint density at radius 1 is 0.852 bits per heavy atom. The molecule has 0 unspecified atom stereocenters. The molecule has 0 heterocycles. The van der Waals surface area contributed by atoms with Crippen LogP contribution in [0, 0.1) is 0 Å². The summed E-state index contributed by atoms with van der Waals surface area (Å²) >= 11 is 0. The van der Waals surface area contributed by atoms with E-state index in [4.69, 9.17) is 14.2 Å². The number of hydrazone groups is 1. The molecule has 0 fully saturated rings. The summed E-state index contributed by atoms with van der Waals surface area (Å²) in [4.78, 5) is 0. The minimum Gasteiger partial charge on any atom is -0.493 e. The lowest BCUT2D eigenvalue weighted by atomic mass is 10.2. The van der Waals surface area contributed by atoms with Crippen molar-refractivity contribution in [3.63, 3.8) is 0 Å². The second-order valence-electron chi connectivity index (χ2n) is 5.76. The first-order valence-corrected chi connectivity index (χ1v) is 8.57. The van der Waals surface area contributed by atoms with Crippen molar-refractivity contribution in [3.8, 4) is 17.2 Å². The first-order valence-electron chi connectivity index (χ1n) is 8.57. The number of hydrogen-bond acceptors (Lipinski definition) is 5. The SMILES string of the molecule is COc1cc(/C=N/Nc2ccccc2)cc(OC)c1OCc1ccccc1. The number of hydrogen-bond donors (Lipinski definition) is 1. The predicted octanol–water partition coefficient (Wildman–Crippen LogP) is 4.73. The number of nitrogens with zero attached hydrogens (tertiary/aromatic N) is 1. The highest BCUT2D eigenvalue weighted by Gasteiger charge is 2.14. The quantitative estimate of drug-likeness (QED) is 0.465. The zero-order chi connectivity index (χ0) is 18.9. The summed E-state index contributed by atoms with van der Waals surface area (Å²) in [5.41, 5.74) is 5.80. The molecule has 0 aliphatic heterocycles. The van der Waals surface area contributed by atoms with Crippen LogP contribution < -0.4 is 19.6 Å². The minimum absolute atomic E-state index is 0.427. The van der Waals surface area contributed by atoms with Gasteiger partial charge in [0, 0.05) is 5.56 Å². The number of rotatable bonds is 8. The zero-order valence-electron chi connectivity index (χ0n) is 15.4. The molecule has 0 atom stereocenters. The Labute approximate surface area is 159 Å². The monoisotopic (exact) mass is 362 g/mol. The van der Waals surface area contributed by atoms with E-state index in [2.05, 4.69) is 10.5 Å². The van der Waals surface area contributed by atoms with Crippen LogP contribution >= 0.6 is 0 Å². The summed E-state index contributed by atoms with van der Waals surface area (Å²) in [6.45, 7) is 0.427. The van der Waals surface area contributed by atoms with E-state index >= 15 is 0 Å². The van der Waals surface area contributed by atoms with Crippen molar-refractivity contribution in [1.29, 1.82) is 0 Å². The summed E-state index contributed by atoms with van der Waals surface area (Å²) in [5.74, 6) is 1.75. The van der Waals surface area contributed by atoms with Gasteiger partial charge >= 0.3 is 0 Å². The highest BCUT2D eigenvalue weighted by molar-refractivity contribution is 5.83. The molecule has 1 N–H and O–H groups in total. The van der Waals surface area contributed by atoms with Crippen molar-refractivity contribution in [3.05, 3.63) is 83.9 Å². The highest BCUT2D eigenvalue weighted by Crippen LogP contribution is 2.38. The van der Waals surface area contributed by atoms with Gasteiger partial charge in [-0.05, 0) is 29.8 Å². The third-order valence-electron chi connectivity index (χ3n) is 3.89. The van der Waals surface area contributed by atoms with Crippen molar-refractivity contribution in [2.24, 2.45) is 5.10 Å². The zero-order valence-corrected chi connectivity index (χ0v) is 15.4. The largest absolute Gasteiger partial charge is 0.493 e. The van der Waals surface area contributed by atoms with E-state index in [9.17, 15) is 0 Å². The van der Waals surface area contributed by atoms with Crippen LogP contribution in [0.2, 0.25) is 0 Å². The third kappa shape index (κ3) is 5.01. The van der Waals surface area contributed by atoms with Gasteiger partial charge in [0.1, 0.15) is 6.61 Å². The lowest BCUT2D eigenvalue weighted by Crippen LogP contribution is -2.01. The van der Waals surface area contributed by atoms with Crippen LogP contribution in [0.4, 0.5) is 5.69 Å². The summed E-state index contributed by atoms with van der Waals surface area (Å²) < 4.78 is 16.9. The van der Waals surface area contributed by atoms with Crippen LogP contribution in [-0.2, 0) is 6.61 Å². The third-order valence-corrected chi connectivity index (χ3v) is 3.89. The van der Waals surface area contributed by atoms with Gasteiger partial charge in [-0.2, -0.15) is 5.10 Å². The van der Waals surface area contributed by atoms with E-state index in [0.29, 0.717) is 23.9 Å². The van der Waals surface area contributed by atoms with E-state index in [1.54, 1.807) is 20.4 Å². The second-order valence-corrected chi connectivity index (χ2v) is 5.76.